The summed E-state index contributed by atoms with van der Waals surface area (Å²) in [6, 6.07) is 11.1. The third kappa shape index (κ3) is 5.38. The number of carboxylic acids is 1. The van der Waals surface area contributed by atoms with E-state index in [1.807, 2.05) is 0 Å². The number of nitrogens with one attached hydrogen (secondary N) is 1. The van der Waals surface area contributed by atoms with Crippen molar-refractivity contribution >= 4 is 11.9 Å². The highest BCUT2D eigenvalue weighted by molar-refractivity contribution is 5.80. The second kappa shape index (κ2) is 8.37. The molecule has 0 saturated heterocycles. The summed E-state index contributed by atoms with van der Waals surface area (Å²) in [6.07, 6.45) is 0.110. The maximum Gasteiger partial charge on any atom is 0.312 e. The molecule has 2 aromatic rings. The van der Waals surface area contributed by atoms with Crippen LogP contribution in [0.1, 0.15) is 36.3 Å². The molecule has 0 aliphatic heterocycles. The molecule has 2 unspecified atom stereocenters. The summed E-state index contributed by atoms with van der Waals surface area (Å²) >= 11 is 0. The molecule has 0 aromatic heterocycles. The van der Waals surface area contributed by atoms with E-state index in [-0.39, 0.29) is 30.6 Å². The molecule has 0 aliphatic rings. The first-order chi connectivity index (χ1) is 11.9. The highest BCUT2D eigenvalue weighted by Crippen LogP contribution is 2.20. The van der Waals surface area contributed by atoms with Gasteiger partial charge in [-0.1, -0.05) is 31.2 Å². The average molecular weight is 347 g/mol. The summed E-state index contributed by atoms with van der Waals surface area (Å²) in [5, 5.41) is 11.9. The minimum atomic E-state index is -1.11. The number of hydrogen-bond donors (Lipinski definition) is 2. The van der Waals surface area contributed by atoms with Crippen molar-refractivity contribution in [2.24, 2.45) is 0 Å². The molecule has 0 heterocycles. The first-order valence-electron chi connectivity index (χ1n) is 7.87. The zero-order valence-electron chi connectivity index (χ0n) is 13.7. The van der Waals surface area contributed by atoms with Gasteiger partial charge in [0.1, 0.15) is 11.6 Å². The van der Waals surface area contributed by atoms with Crippen molar-refractivity contribution in [1.82, 2.24) is 5.32 Å². The van der Waals surface area contributed by atoms with Crippen LogP contribution in [0.15, 0.2) is 48.5 Å². The summed E-state index contributed by atoms with van der Waals surface area (Å²) in [6.45, 7) is 1.69. The van der Waals surface area contributed by atoms with Crippen LogP contribution < -0.4 is 5.32 Å². The monoisotopic (exact) mass is 347 g/mol. The van der Waals surface area contributed by atoms with E-state index in [0.29, 0.717) is 11.1 Å². The van der Waals surface area contributed by atoms with Crippen molar-refractivity contribution in [2.75, 3.05) is 6.54 Å². The Hall–Kier alpha value is -2.76. The third-order valence-corrected chi connectivity index (χ3v) is 3.98. The molecule has 2 rings (SSSR count). The minimum absolute atomic E-state index is 0.102. The van der Waals surface area contributed by atoms with Gasteiger partial charge in [0.05, 0.1) is 5.92 Å². The number of carboxylic acid groups (broad SMARTS) is 1. The van der Waals surface area contributed by atoms with Gasteiger partial charge in [0.15, 0.2) is 0 Å². The van der Waals surface area contributed by atoms with E-state index < -0.39 is 17.7 Å². The van der Waals surface area contributed by atoms with Gasteiger partial charge < -0.3 is 10.4 Å². The molecule has 4 nitrogen and oxygen atoms in total. The molecular weight excluding hydrogens is 328 g/mol. The number of hydrogen-bond acceptors (Lipinski definition) is 2. The molecule has 1 amide bonds. The van der Waals surface area contributed by atoms with Crippen molar-refractivity contribution in [3.05, 3.63) is 71.3 Å². The Morgan fingerprint density at radius 1 is 1.04 bits per heavy atom. The van der Waals surface area contributed by atoms with Crippen molar-refractivity contribution < 1.29 is 23.5 Å². The molecule has 0 fully saturated rings. The van der Waals surface area contributed by atoms with Crippen molar-refractivity contribution in [3.8, 4) is 0 Å². The van der Waals surface area contributed by atoms with Gasteiger partial charge in [0.25, 0.3) is 0 Å². The summed E-state index contributed by atoms with van der Waals surface area (Å²) in [7, 11) is 0. The van der Waals surface area contributed by atoms with Crippen LogP contribution in [0.3, 0.4) is 0 Å². The van der Waals surface area contributed by atoms with Crippen molar-refractivity contribution in [3.63, 3.8) is 0 Å². The van der Waals surface area contributed by atoms with E-state index in [4.69, 9.17) is 0 Å². The highest BCUT2D eigenvalue weighted by atomic mass is 19.1. The quantitative estimate of drug-likeness (QED) is 0.806. The van der Waals surface area contributed by atoms with Crippen LogP contribution in [0.2, 0.25) is 0 Å². The number of aliphatic carboxylic acids is 1. The van der Waals surface area contributed by atoms with Gasteiger partial charge in [-0.15, -0.1) is 0 Å². The van der Waals surface area contributed by atoms with E-state index >= 15 is 0 Å². The zero-order chi connectivity index (χ0) is 18.4. The summed E-state index contributed by atoms with van der Waals surface area (Å²) in [5.74, 6) is -3.43. The lowest BCUT2D eigenvalue weighted by molar-refractivity contribution is -0.138. The molecule has 2 N–H and O–H groups in total. The predicted molar refractivity (Wildman–Crippen MR) is 89.2 cm³/mol. The van der Waals surface area contributed by atoms with Crippen molar-refractivity contribution in [1.29, 1.82) is 0 Å². The number of carbonyl (C=O) groups excluding carboxylic acids is 1. The number of amides is 1. The SMILES string of the molecule is CC(CC(=O)NCC(C(=O)O)c1ccc(F)cc1)c1cccc(F)c1. The summed E-state index contributed by atoms with van der Waals surface area (Å²) in [5.41, 5.74) is 1.11. The van der Waals surface area contributed by atoms with Crippen molar-refractivity contribution in [2.45, 2.75) is 25.2 Å². The Bertz CT molecular complexity index is 747. The standard InChI is InChI=1S/C19H19F2NO3/c1-12(14-3-2-4-16(21)10-14)9-18(23)22-11-17(19(24)25)13-5-7-15(20)8-6-13/h2-8,10,12,17H,9,11H2,1H3,(H,22,23)(H,24,25). The summed E-state index contributed by atoms with van der Waals surface area (Å²) < 4.78 is 26.2. The Labute approximate surface area is 144 Å². The van der Waals surface area contributed by atoms with Gasteiger partial charge >= 0.3 is 5.97 Å². The van der Waals surface area contributed by atoms with Crippen LogP contribution >= 0.6 is 0 Å². The normalized spacial score (nSPS) is 13.1. The fourth-order valence-corrected chi connectivity index (χ4v) is 2.54. The third-order valence-electron chi connectivity index (χ3n) is 3.98. The van der Waals surface area contributed by atoms with Crippen LogP contribution in [0, 0.1) is 11.6 Å². The fraction of sp³-hybridized carbons (Fsp3) is 0.263. The topological polar surface area (TPSA) is 66.4 Å². The number of halogens is 2. The smallest absolute Gasteiger partial charge is 0.312 e. The molecule has 0 saturated carbocycles. The molecule has 2 atom stereocenters. The first-order valence-corrected chi connectivity index (χ1v) is 7.87. The lowest BCUT2D eigenvalue weighted by Gasteiger charge is -2.16. The maximum absolute atomic E-state index is 13.2. The van der Waals surface area contributed by atoms with Gasteiger partial charge in [-0.25, -0.2) is 8.78 Å². The van der Waals surface area contributed by atoms with E-state index in [1.54, 1.807) is 19.1 Å². The first kappa shape index (κ1) is 18.6. The molecule has 6 heteroatoms. The van der Waals surface area contributed by atoms with E-state index in [2.05, 4.69) is 5.32 Å². The van der Waals surface area contributed by atoms with Crippen LogP contribution in [0.25, 0.3) is 0 Å². The fourth-order valence-electron chi connectivity index (χ4n) is 2.54. The molecule has 2 aromatic carbocycles. The van der Waals surface area contributed by atoms with Crippen LogP contribution in [0.4, 0.5) is 8.78 Å². The lowest BCUT2D eigenvalue weighted by Crippen LogP contribution is -2.32. The van der Waals surface area contributed by atoms with Gasteiger partial charge in [0.2, 0.25) is 5.91 Å². The zero-order valence-corrected chi connectivity index (χ0v) is 13.7. The minimum Gasteiger partial charge on any atom is -0.481 e. The second-order valence-electron chi connectivity index (χ2n) is 5.91. The van der Waals surface area contributed by atoms with Gasteiger partial charge in [-0.2, -0.15) is 0 Å². The average Bonchev–Trinajstić information content (AvgIpc) is 2.56. The van der Waals surface area contributed by atoms with E-state index in [9.17, 15) is 23.5 Å². The second-order valence-corrected chi connectivity index (χ2v) is 5.91. The van der Waals surface area contributed by atoms with Crippen LogP contribution in [0.5, 0.6) is 0 Å². The summed E-state index contributed by atoms with van der Waals surface area (Å²) in [4.78, 5) is 23.5. The predicted octanol–water partition coefficient (Wildman–Crippen LogP) is 3.44. The molecule has 0 bridgehead atoms. The Morgan fingerprint density at radius 3 is 2.32 bits per heavy atom. The molecule has 132 valence electrons. The highest BCUT2D eigenvalue weighted by Gasteiger charge is 2.21. The Balaban J connectivity index is 1.95. The lowest BCUT2D eigenvalue weighted by atomic mass is 9.96. The number of rotatable bonds is 7. The van der Waals surface area contributed by atoms with E-state index in [0.717, 1.165) is 0 Å². The number of benzene rings is 2. The van der Waals surface area contributed by atoms with E-state index in [1.165, 1.54) is 36.4 Å². The van der Waals surface area contributed by atoms with Crippen LogP contribution in [-0.4, -0.2) is 23.5 Å². The molecule has 0 aliphatic carbocycles. The largest absolute Gasteiger partial charge is 0.481 e. The Kier molecular flexibility index (Phi) is 6.22. The van der Waals surface area contributed by atoms with Gasteiger partial charge in [0, 0.05) is 13.0 Å². The Morgan fingerprint density at radius 2 is 1.72 bits per heavy atom. The molecule has 25 heavy (non-hydrogen) atoms. The van der Waals surface area contributed by atoms with Crippen LogP contribution in [-0.2, 0) is 9.59 Å². The molecular formula is C19H19F2NO3. The molecule has 0 spiro atoms. The van der Waals surface area contributed by atoms with Gasteiger partial charge in [-0.3, -0.25) is 9.59 Å². The van der Waals surface area contributed by atoms with Gasteiger partial charge in [-0.05, 0) is 41.3 Å². The number of carbonyl (C=O) groups is 2. The maximum atomic E-state index is 13.2. The molecule has 0 radical (unpaired) electrons.